The molecule has 2 aromatic carbocycles. The van der Waals surface area contributed by atoms with Crippen molar-refractivity contribution in [3.8, 4) is 5.88 Å². The fourth-order valence-electron chi connectivity index (χ4n) is 6.06. The molecule has 0 bridgehead atoms. The number of benzene rings is 2. The number of aryl methyl sites for hydroxylation is 1. The summed E-state index contributed by atoms with van der Waals surface area (Å²) in [7, 11) is 1.66. The number of hydrogen-bond donors (Lipinski definition) is 1. The van der Waals surface area contributed by atoms with Crippen molar-refractivity contribution in [2.45, 2.75) is 57.9 Å². The summed E-state index contributed by atoms with van der Waals surface area (Å²) in [6, 6.07) is 16.0. The number of methoxy groups -OCH3 is 1. The van der Waals surface area contributed by atoms with Crippen LogP contribution < -0.4 is 10.5 Å². The molecule has 2 unspecified atom stereocenters. The predicted octanol–water partition coefficient (Wildman–Crippen LogP) is 6.93. The molecule has 0 aliphatic heterocycles. The lowest BCUT2D eigenvalue weighted by molar-refractivity contribution is 0.232. The van der Waals surface area contributed by atoms with E-state index in [9.17, 15) is 4.39 Å². The van der Waals surface area contributed by atoms with Gasteiger partial charge in [0.1, 0.15) is 5.82 Å². The predicted molar refractivity (Wildman–Crippen MR) is 140 cm³/mol. The zero-order chi connectivity index (χ0) is 24.4. The molecule has 0 radical (unpaired) electrons. The first-order chi connectivity index (χ1) is 17.1. The Bertz CT molecular complexity index is 1340. The Morgan fingerprint density at radius 1 is 1.14 bits per heavy atom. The molecular weight excluding hydrogens is 437 g/mol. The topological polar surface area (TPSA) is 61.0 Å². The zero-order valence-corrected chi connectivity index (χ0v) is 20.6. The van der Waals surface area contributed by atoms with Gasteiger partial charge in [0.15, 0.2) is 0 Å². The summed E-state index contributed by atoms with van der Waals surface area (Å²) in [5.41, 5.74) is 10.8. The van der Waals surface area contributed by atoms with Crippen LogP contribution >= 0.6 is 0 Å². The van der Waals surface area contributed by atoms with Crippen LogP contribution in [0.15, 0.2) is 54.7 Å². The van der Waals surface area contributed by atoms with Gasteiger partial charge in [0, 0.05) is 41.2 Å². The molecule has 4 aromatic rings. The number of nitrogens with zero attached hydrogens (tertiary/aromatic N) is 2. The lowest BCUT2D eigenvalue weighted by Crippen LogP contribution is -2.22. The van der Waals surface area contributed by atoms with E-state index in [-0.39, 0.29) is 12.4 Å². The van der Waals surface area contributed by atoms with E-state index in [4.69, 9.17) is 15.5 Å². The van der Waals surface area contributed by atoms with Crippen molar-refractivity contribution in [1.29, 1.82) is 0 Å². The maximum atomic E-state index is 14.9. The molecule has 35 heavy (non-hydrogen) atoms. The second-order valence-electron chi connectivity index (χ2n) is 10.0. The summed E-state index contributed by atoms with van der Waals surface area (Å²) in [5, 5.41) is 2.21. The highest BCUT2D eigenvalue weighted by Gasteiger charge is 2.30. The Labute approximate surface area is 206 Å². The lowest BCUT2D eigenvalue weighted by Gasteiger charge is -2.35. The summed E-state index contributed by atoms with van der Waals surface area (Å²) < 4.78 is 20.3. The minimum absolute atomic E-state index is 0.220. The first-order valence-electron chi connectivity index (χ1n) is 12.8. The number of aromatic nitrogens is 2. The molecule has 1 fully saturated rings. The first kappa shape index (κ1) is 23.7. The minimum Gasteiger partial charge on any atom is -0.481 e. The van der Waals surface area contributed by atoms with Crippen LogP contribution in [0.25, 0.3) is 21.8 Å². The maximum Gasteiger partial charge on any atom is 0.213 e. The van der Waals surface area contributed by atoms with E-state index in [1.165, 1.54) is 18.1 Å². The molecule has 5 heteroatoms. The van der Waals surface area contributed by atoms with Crippen molar-refractivity contribution >= 4 is 21.8 Å². The Morgan fingerprint density at radius 3 is 2.86 bits per heavy atom. The van der Waals surface area contributed by atoms with Gasteiger partial charge in [-0.15, -0.1) is 0 Å². The standard InChI is InChI=1S/C30H34FN3O/c1-19(11-12-20-6-3-7-21-13-14-28(35-2)34-30(20)21)22-8-4-9-23(16-22)29-24-10-5-15-33-27(24)17-26(31)25(29)18-32/h3,5-7,10,13-15,17,19,22-23H,4,8-9,11-12,16,18,32H2,1-2H3/t19?,22-,23?/m1/s1. The second-order valence-corrected chi connectivity index (χ2v) is 10.0. The zero-order valence-electron chi connectivity index (χ0n) is 20.6. The minimum atomic E-state index is -0.220. The smallest absolute Gasteiger partial charge is 0.213 e. The first-order valence-corrected chi connectivity index (χ1v) is 12.8. The highest BCUT2D eigenvalue weighted by atomic mass is 19.1. The molecule has 2 heterocycles. The second kappa shape index (κ2) is 10.3. The van der Waals surface area contributed by atoms with E-state index >= 15 is 0 Å². The summed E-state index contributed by atoms with van der Waals surface area (Å²) in [6.45, 7) is 2.60. The number of para-hydroxylation sites is 1. The average molecular weight is 472 g/mol. The Balaban J connectivity index is 1.36. The van der Waals surface area contributed by atoms with Crippen molar-refractivity contribution in [2.75, 3.05) is 7.11 Å². The quantitative estimate of drug-likeness (QED) is 0.317. The molecule has 1 saturated carbocycles. The van der Waals surface area contributed by atoms with E-state index in [0.717, 1.165) is 59.5 Å². The molecule has 1 aliphatic rings. The van der Waals surface area contributed by atoms with Gasteiger partial charge in [-0.2, -0.15) is 0 Å². The monoisotopic (exact) mass is 471 g/mol. The van der Waals surface area contributed by atoms with E-state index < -0.39 is 0 Å². The highest BCUT2D eigenvalue weighted by Crippen LogP contribution is 2.44. The van der Waals surface area contributed by atoms with Gasteiger partial charge in [0.2, 0.25) is 5.88 Å². The van der Waals surface area contributed by atoms with Gasteiger partial charge in [0.05, 0.1) is 18.1 Å². The van der Waals surface area contributed by atoms with Crippen LogP contribution in [-0.4, -0.2) is 17.1 Å². The van der Waals surface area contributed by atoms with Crippen molar-refractivity contribution in [1.82, 2.24) is 9.97 Å². The lowest BCUT2D eigenvalue weighted by atomic mass is 9.71. The normalized spacial score (nSPS) is 19.2. The van der Waals surface area contributed by atoms with Gasteiger partial charge < -0.3 is 10.5 Å². The Kier molecular flexibility index (Phi) is 6.96. The number of nitrogens with two attached hydrogens (primary N) is 1. The Hall–Kier alpha value is -3.05. The molecule has 4 nitrogen and oxygen atoms in total. The van der Waals surface area contributed by atoms with Crippen LogP contribution in [0.4, 0.5) is 4.39 Å². The molecule has 2 aromatic heterocycles. The van der Waals surface area contributed by atoms with Gasteiger partial charge in [0.25, 0.3) is 0 Å². The fourth-order valence-corrected chi connectivity index (χ4v) is 6.06. The van der Waals surface area contributed by atoms with Gasteiger partial charge >= 0.3 is 0 Å². The van der Waals surface area contributed by atoms with E-state index in [2.05, 4.69) is 42.2 Å². The van der Waals surface area contributed by atoms with Crippen LogP contribution in [0, 0.1) is 17.7 Å². The van der Waals surface area contributed by atoms with Crippen LogP contribution in [0.1, 0.15) is 61.6 Å². The summed E-state index contributed by atoms with van der Waals surface area (Å²) in [5.74, 6) is 1.92. The van der Waals surface area contributed by atoms with Crippen LogP contribution in [-0.2, 0) is 13.0 Å². The molecule has 2 N–H and O–H groups in total. The molecule has 3 atom stereocenters. The number of hydrogen-bond acceptors (Lipinski definition) is 4. The SMILES string of the molecule is COc1ccc2cccc(CCC(C)[C@@H]3CCCC(c4c(CN)c(F)cc5ncccc45)C3)c2n1. The molecular formula is C30H34FN3O. The van der Waals surface area contributed by atoms with Gasteiger partial charge in [-0.3, -0.25) is 4.98 Å². The Morgan fingerprint density at radius 2 is 2.03 bits per heavy atom. The molecule has 0 saturated heterocycles. The van der Waals surface area contributed by atoms with Gasteiger partial charge in [-0.25, -0.2) is 9.37 Å². The van der Waals surface area contributed by atoms with Gasteiger partial charge in [-0.05, 0) is 66.7 Å². The number of halogens is 1. The third-order valence-electron chi connectivity index (χ3n) is 7.99. The molecule has 0 spiro atoms. The average Bonchev–Trinajstić information content (AvgIpc) is 2.90. The molecule has 0 amide bonds. The van der Waals surface area contributed by atoms with E-state index in [0.29, 0.717) is 29.2 Å². The van der Waals surface area contributed by atoms with Crippen LogP contribution in [0.3, 0.4) is 0 Å². The third-order valence-corrected chi connectivity index (χ3v) is 7.99. The molecule has 182 valence electrons. The molecule has 1 aliphatic carbocycles. The number of ether oxygens (including phenoxy) is 1. The maximum absolute atomic E-state index is 14.9. The summed E-state index contributed by atoms with van der Waals surface area (Å²) >= 11 is 0. The summed E-state index contributed by atoms with van der Waals surface area (Å²) in [6.07, 6.45) is 8.36. The summed E-state index contributed by atoms with van der Waals surface area (Å²) in [4.78, 5) is 9.15. The van der Waals surface area contributed by atoms with Gasteiger partial charge in [-0.1, -0.05) is 44.0 Å². The number of rotatable bonds is 7. The van der Waals surface area contributed by atoms with Crippen molar-refractivity contribution in [2.24, 2.45) is 17.6 Å². The molecule has 5 rings (SSSR count). The number of pyridine rings is 2. The fraction of sp³-hybridized carbons (Fsp3) is 0.400. The van der Waals surface area contributed by atoms with Crippen molar-refractivity contribution < 1.29 is 9.13 Å². The van der Waals surface area contributed by atoms with Crippen LogP contribution in [0.5, 0.6) is 5.88 Å². The highest BCUT2D eigenvalue weighted by molar-refractivity contribution is 5.84. The third kappa shape index (κ3) is 4.74. The van der Waals surface area contributed by atoms with E-state index in [1.54, 1.807) is 13.3 Å². The van der Waals surface area contributed by atoms with Crippen molar-refractivity contribution in [3.05, 3.63) is 77.2 Å². The van der Waals surface area contributed by atoms with Crippen molar-refractivity contribution in [3.63, 3.8) is 0 Å². The largest absolute Gasteiger partial charge is 0.481 e. The van der Waals surface area contributed by atoms with Crippen LogP contribution in [0.2, 0.25) is 0 Å². The van der Waals surface area contributed by atoms with E-state index in [1.807, 2.05) is 12.1 Å². The number of fused-ring (bicyclic) bond motifs is 2.